The summed E-state index contributed by atoms with van der Waals surface area (Å²) in [5, 5.41) is 13.5. The fraction of sp³-hybridized carbons (Fsp3) is 0.111. The Balaban J connectivity index is 1.77. The number of rotatable bonds is 8. The normalized spacial score (nSPS) is 11.8. The molecule has 0 aliphatic carbocycles. The third-order valence-corrected chi connectivity index (χ3v) is 7.84. The van der Waals surface area contributed by atoms with Crippen molar-refractivity contribution in [3.63, 3.8) is 0 Å². The Morgan fingerprint density at radius 1 is 0.861 bits per heavy atom. The van der Waals surface area contributed by atoms with Gasteiger partial charge in [0.1, 0.15) is 6.04 Å². The van der Waals surface area contributed by atoms with Crippen molar-refractivity contribution in [1.82, 2.24) is 4.90 Å². The summed E-state index contributed by atoms with van der Waals surface area (Å²) in [6, 6.07) is 19.8. The van der Waals surface area contributed by atoms with Gasteiger partial charge in [0, 0.05) is 16.3 Å². The van der Waals surface area contributed by atoms with Gasteiger partial charge in [0.25, 0.3) is 5.91 Å². The molecule has 1 heterocycles. The SMILES string of the molecule is O=C(O)[C@H](Cc1ccccc1)N(Cc1sccc1-c1ccc(Cl)c(Cl)c1)C(=O)c1ccc(Cl)cc1Cl. The highest BCUT2D eigenvalue weighted by Crippen LogP contribution is 2.35. The lowest BCUT2D eigenvalue weighted by Gasteiger charge is -2.30. The minimum atomic E-state index is -1.14. The number of carboxylic acids is 1. The molecule has 36 heavy (non-hydrogen) atoms. The molecule has 0 fully saturated rings. The van der Waals surface area contributed by atoms with Gasteiger partial charge in [0.05, 0.1) is 27.2 Å². The lowest BCUT2D eigenvalue weighted by molar-refractivity contribution is -0.142. The lowest BCUT2D eigenvalue weighted by atomic mass is 10.0. The first-order chi connectivity index (χ1) is 17.2. The van der Waals surface area contributed by atoms with Gasteiger partial charge in [0.15, 0.2) is 0 Å². The van der Waals surface area contributed by atoms with Crippen LogP contribution in [0.15, 0.2) is 78.2 Å². The van der Waals surface area contributed by atoms with Crippen molar-refractivity contribution in [2.45, 2.75) is 19.0 Å². The second kappa shape index (κ2) is 11.7. The highest BCUT2D eigenvalue weighted by molar-refractivity contribution is 7.10. The first kappa shape index (κ1) is 26.5. The summed E-state index contributed by atoms with van der Waals surface area (Å²) in [6.07, 6.45) is 0.126. The van der Waals surface area contributed by atoms with E-state index in [1.165, 1.54) is 28.4 Å². The fourth-order valence-electron chi connectivity index (χ4n) is 3.85. The van der Waals surface area contributed by atoms with Crippen molar-refractivity contribution in [2.75, 3.05) is 0 Å². The average Bonchev–Trinajstić information content (AvgIpc) is 3.31. The van der Waals surface area contributed by atoms with Crippen LogP contribution in [0.5, 0.6) is 0 Å². The van der Waals surface area contributed by atoms with Crippen molar-refractivity contribution >= 4 is 69.6 Å². The molecule has 184 valence electrons. The topological polar surface area (TPSA) is 57.6 Å². The molecule has 4 rings (SSSR count). The van der Waals surface area contributed by atoms with Gasteiger partial charge in [-0.3, -0.25) is 4.79 Å². The molecular formula is C27H19Cl4NO3S. The van der Waals surface area contributed by atoms with Crippen molar-refractivity contribution in [3.05, 3.63) is 114 Å². The summed E-state index contributed by atoms with van der Waals surface area (Å²) >= 11 is 26.1. The van der Waals surface area contributed by atoms with Gasteiger partial charge in [-0.1, -0.05) is 82.8 Å². The number of nitrogens with zero attached hydrogens (tertiary/aromatic N) is 1. The molecule has 1 atom stereocenters. The molecule has 0 aliphatic heterocycles. The summed E-state index contributed by atoms with van der Waals surface area (Å²) in [5.41, 5.74) is 2.61. The summed E-state index contributed by atoms with van der Waals surface area (Å²) in [4.78, 5) is 28.4. The summed E-state index contributed by atoms with van der Waals surface area (Å²) < 4.78 is 0. The maximum atomic E-state index is 13.8. The molecule has 0 radical (unpaired) electrons. The highest BCUT2D eigenvalue weighted by atomic mass is 35.5. The minimum absolute atomic E-state index is 0.0504. The van der Waals surface area contributed by atoms with Crippen molar-refractivity contribution in [3.8, 4) is 11.1 Å². The van der Waals surface area contributed by atoms with E-state index in [0.717, 1.165) is 21.6 Å². The van der Waals surface area contributed by atoms with E-state index in [-0.39, 0.29) is 23.6 Å². The van der Waals surface area contributed by atoms with E-state index < -0.39 is 17.9 Å². The third-order valence-electron chi connectivity index (χ3n) is 5.65. The zero-order chi connectivity index (χ0) is 25.8. The van der Waals surface area contributed by atoms with Gasteiger partial charge in [0.2, 0.25) is 0 Å². The van der Waals surface area contributed by atoms with Crippen LogP contribution >= 0.6 is 57.7 Å². The van der Waals surface area contributed by atoms with Crippen molar-refractivity contribution in [2.24, 2.45) is 0 Å². The molecule has 0 saturated heterocycles. The van der Waals surface area contributed by atoms with Crippen LogP contribution in [0.25, 0.3) is 11.1 Å². The zero-order valence-electron chi connectivity index (χ0n) is 18.6. The maximum Gasteiger partial charge on any atom is 0.326 e. The number of halogens is 4. The molecule has 9 heteroatoms. The highest BCUT2D eigenvalue weighted by Gasteiger charge is 2.32. The van der Waals surface area contributed by atoms with E-state index in [0.29, 0.717) is 15.1 Å². The Kier molecular flexibility index (Phi) is 8.60. The maximum absolute atomic E-state index is 13.8. The molecule has 1 N–H and O–H groups in total. The molecular weight excluding hydrogens is 560 g/mol. The Labute approximate surface area is 232 Å². The van der Waals surface area contributed by atoms with Gasteiger partial charge >= 0.3 is 5.97 Å². The monoisotopic (exact) mass is 577 g/mol. The number of hydrogen-bond donors (Lipinski definition) is 1. The van der Waals surface area contributed by atoms with Gasteiger partial charge in [-0.15, -0.1) is 11.3 Å². The lowest BCUT2D eigenvalue weighted by Crippen LogP contribution is -2.46. The molecule has 0 bridgehead atoms. The summed E-state index contributed by atoms with van der Waals surface area (Å²) in [6.45, 7) is 0.0504. The van der Waals surface area contributed by atoms with Crippen molar-refractivity contribution in [1.29, 1.82) is 0 Å². The molecule has 4 aromatic rings. The zero-order valence-corrected chi connectivity index (χ0v) is 22.5. The van der Waals surface area contributed by atoms with Gasteiger partial charge < -0.3 is 10.0 Å². The van der Waals surface area contributed by atoms with Crippen LogP contribution in [0.1, 0.15) is 20.8 Å². The second-order valence-corrected chi connectivity index (χ2v) is 10.6. The average molecular weight is 579 g/mol. The quantitative estimate of drug-likeness (QED) is 0.228. The van der Waals surface area contributed by atoms with Crippen LogP contribution < -0.4 is 0 Å². The van der Waals surface area contributed by atoms with E-state index in [1.807, 2.05) is 47.8 Å². The van der Waals surface area contributed by atoms with E-state index in [1.54, 1.807) is 18.2 Å². The molecule has 0 unspecified atom stereocenters. The first-order valence-electron chi connectivity index (χ1n) is 10.8. The number of carbonyl (C=O) groups excluding carboxylic acids is 1. The molecule has 0 saturated carbocycles. The largest absolute Gasteiger partial charge is 0.480 e. The van der Waals surface area contributed by atoms with Crippen LogP contribution in [0.4, 0.5) is 0 Å². The van der Waals surface area contributed by atoms with Crippen LogP contribution in [0, 0.1) is 0 Å². The number of benzene rings is 3. The van der Waals surface area contributed by atoms with Crippen LogP contribution in [0.3, 0.4) is 0 Å². The minimum Gasteiger partial charge on any atom is -0.480 e. The molecule has 0 aliphatic rings. The third kappa shape index (κ3) is 6.05. The summed E-state index contributed by atoms with van der Waals surface area (Å²) in [5.74, 6) is -1.63. The van der Waals surface area contributed by atoms with Gasteiger partial charge in [-0.25, -0.2) is 4.79 Å². The van der Waals surface area contributed by atoms with Crippen molar-refractivity contribution < 1.29 is 14.7 Å². The number of hydrogen-bond acceptors (Lipinski definition) is 3. The molecule has 3 aromatic carbocycles. The number of amides is 1. The van der Waals surface area contributed by atoms with E-state index in [4.69, 9.17) is 46.4 Å². The first-order valence-corrected chi connectivity index (χ1v) is 13.2. The fourth-order valence-corrected chi connectivity index (χ4v) is 5.53. The Morgan fingerprint density at radius 3 is 2.28 bits per heavy atom. The summed E-state index contributed by atoms with van der Waals surface area (Å²) in [7, 11) is 0. The number of carboxylic acid groups (broad SMARTS) is 1. The Morgan fingerprint density at radius 2 is 1.61 bits per heavy atom. The predicted molar refractivity (Wildman–Crippen MR) is 148 cm³/mol. The van der Waals surface area contributed by atoms with Gasteiger partial charge in [-0.2, -0.15) is 0 Å². The smallest absolute Gasteiger partial charge is 0.326 e. The second-order valence-electron chi connectivity index (χ2n) is 7.99. The number of carbonyl (C=O) groups is 2. The molecule has 1 amide bonds. The van der Waals surface area contributed by atoms with E-state index >= 15 is 0 Å². The Hall–Kier alpha value is -2.54. The molecule has 4 nitrogen and oxygen atoms in total. The number of aliphatic carboxylic acids is 1. The predicted octanol–water partition coefficient (Wildman–Crippen LogP) is 8.37. The van der Waals surface area contributed by atoms with Gasteiger partial charge in [-0.05, 0) is 58.5 Å². The standard InChI is InChI=1S/C27H19Cl4NO3S/c28-18-7-8-20(22(30)14-18)26(33)32(24(27(34)35)12-16-4-2-1-3-5-16)15-25-19(10-11-36-25)17-6-9-21(29)23(31)13-17/h1-11,13-14,24H,12,15H2,(H,34,35)/t24-/m0/s1. The number of thiophene rings is 1. The van der Waals surface area contributed by atoms with Crippen LogP contribution in [-0.4, -0.2) is 27.9 Å². The Bertz CT molecular complexity index is 1410. The van der Waals surface area contributed by atoms with E-state index in [9.17, 15) is 14.7 Å². The molecule has 1 aromatic heterocycles. The van der Waals surface area contributed by atoms with E-state index in [2.05, 4.69) is 0 Å². The van der Waals surface area contributed by atoms with Crippen LogP contribution in [0.2, 0.25) is 20.1 Å². The van der Waals surface area contributed by atoms with Crippen LogP contribution in [-0.2, 0) is 17.8 Å². The molecule has 0 spiro atoms.